The first-order valence-corrected chi connectivity index (χ1v) is 15.5. The van der Waals surface area contributed by atoms with Gasteiger partial charge in [-0.3, -0.25) is 4.79 Å². The molecule has 6 aliphatic carbocycles. The molecule has 238 valence electrons. The lowest BCUT2D eigenvalue weighted by atomic mass is 9.44. The van der Waals surface area contributed by atoms with E-state index in [0.717, 1.165) is 25.3 Å². The molecule has 2 bridgehead atoms. The van der Waals surface area contributed by atoms with E-state index in [9.17, 15) is 23.9 Å². The Balaban J connectivity index is 1.39. The molecule has 5 fully saturated rings. The van der Waals surface area contributed by atoms with Gasteiger partial charge in [-0.05, 0) is 75.0 Å². The summed E-state index contributed by atoms with van der Waals surface area (Å²) in [5.74, 6) is -3.88. The quantitative estimate of drug-likeness (QED) is 0.384. The van der Waals surface area contributed by atoms with Crippen molar-refractivity contribution in [2.45, 2.75) is 110 Å². The topological polar surface area (TPSA) is 99.1 Å². The second-order valence-electron chi connectivity index (χ2n) is 15.5. The number of carbonyl (C=O) groups excluding carboxylic acids is 3. The van der Waals surface area contributed by atoms with Crippen molar-refractivity contribution in [3.05, 3.63) is 23.8 Å². The van der Waals surface area contributed by atoms with Gasteiger partial charge in [0.25, 0.3) is 0 Å². The number of ether oxygens (including phenoxy) is 3. The summed E-state index contributed by atoms with van der Waals surface area (Å²) in [7, 11) is 0. The number of carbonyl (C=O) groups is 3. The lowest BCUT2D eigenvalue weighted by Gasteiger charge is -2.62. The van der Waals surface area contributed by atoms with Crippen molar-refractivity contribution in [3.8, 4) is 0 Å². The van der Waals surface area contributed by atoms with E-state index in [4.69, 9.17) is 14.2 Å². The Morgan fingerprint density at radius 2 is 1.79 bits per heavy atom. The first-order valence-electron chi connectivity index (χ1n) is 15.5. The summed E-state index contributed by atoms with van der Waals surface area (Å²) in [6.07, 6.45) is 0.924. The summed E-state index contributed by atoms with van der Waals surface area (Å²) in [4.78, 5) is 39.6. The monoisotopic (exact) mass is 608 g/mol. The van der Waals surface area contributed by atoms with E-state index in [1.807, 2.05) is 13.8 Å². The average Bonchev–Trinajstić information content (AvgIpc) is 3.48. The molecular weight excluding hydrogens is 565 g/mol. The second-order valence-corrected chi connectivity index (χ2v) is 15.5. The van der Waals surface area contributed by atoms with E-state index in [-0.39, 0.29) is 35.7 Å². The van der Waals surface area contributed by atoms with Crippen LogP contribution in [0.25, 0.3) is 0 Å². The molecule has 10 heteroatoms. The van der Waals surface area contributed by atoms with Gasteiger partial charge in [0.15, 0.2) is 11.5 Å². The highest BCUT2D eigenvalue weighted by molar-refractivity contribution is 6.01. The molecular formula is C33H43F3O7. The molecule has 6 aliphatic rings. The molecule has 0 heterocycles. The lowest BCUT2D eigenvalue weighted by molar-refractivity contribution is -0.237. The maximum atomic E-state index is 17.6. The number of hydrogen-bond donors (Lipinski definition) is 1. The highest BCUT2D eigenvalue weighted by Crippen LogP contribution is 2.72. The van der Waals surface area contributed by atoms with Crippen molar-refractivity contribution in [2.75, 3.05) is 6.86 Å². The Hall–Kier alpha value is -2.36. The van der Waals surface area contributed by atoms with Gasteiger partial charge in [0.1, 0.15) is 12.3 Å². The number of halogens is 3. The first-order chi connectivity index (χ1) is 19.9. The third-order valence-electron chi connectivity index (χ3n) is 13.3. The third-order valence-corrected chi connectivity index (χ3v) is 13.3. The Morgan fingerprint density at radius 1 is 1.09 bits per heavy atom. The molecule has 0 aliphatic heterocycles. The van der Waals surface area contributed by atoms with Crippen molar-refractivity contribution in [3.63, 3.8) is 0 Å². The van der Waals surface area contributed by atoms with Gasteiger partial charge in [0.05, 0.1) is 6.10 Å². The van der Waals surface area contributed by atoms with Crippen molar-refractivity contribution >= 4 is 17.9 Å². The molecule has 7 nitrogen and oxygen atoms in total. The number of aliphatic hydroxyl groups is 1. The molecule has 1 unspecified atom stereocenters. The van der Waals surface area contributed by atoms with E-state index < -0.39 is 83.0 Å². The summed E-state index contributed by atoms with van der Waals surface area (Å²) in [5, 5.41) is 11.7. The van der Waals surface area contributed by atoms with Crippen molar-refractivity contribution in [1.29, 1.82) is 0 Å². The van der Waals surface area contributed by atoms with E-state index in [0.29, 0.717) is 5.92 Å². The van der Waals surface area contributed by atoms with Crippen LogP contribution in [-0.2, 0) is 23.8 Å². The van der Waals surface area contributed by atoms with Crippen LogP contribution >= 0.6 is 0 Å². The van der Waals surface area contributed by atoms with Gasteiger partial charge in [-0.2, -0.15) is 0 Å². The average molecular weight is 609 g/mol. The molecule has 12 atom stereocenters. The minimum absolute atomic E-state index is 0.0163. The molecule has 0 amide bonds. The summed E-state index contributed by atoms with van der Waals surface area (Å²) >= 11 is 0. The summed E-state index contributed by atoms with van der Waals surface area (Å²) in [5.41, 5.74) is -8.15. The molecule has 0 radical (unpaired) electrons. The Labute approximate surface area is 250 Å². The Morgan fingerprint density at radius 3 is 2.42 bits per heavy atom. The van der Waals surface area contributed by atoms with Crippen LogP contribution in [0.1, 0.15) is 80.1 Å². The molecule has 0 aromatic rings. The molecule has 0 aromatic heterocycles. The van der Waals surface area contributed by atoms with Crippen molar-refractivity contribution in [2.24, 2.45) is 45.3 Å². The van der Waals surface area contributed by atoms with Crippen LogP contribution < -0.4 is 0 Å². The SMILES string of the molecule is C[C@@H]1C[C@H]2[C@@H]3C[C@H](F)C4=CC(=O)C=C[C@]4(C)C3(F)[C@@H](O)C[C@]2(C)[C@]1(OC(=O)O[C@H]1C(C)(C)[C@H]2CC[C@]1(C)C2)C(=O)OCF. The van der Waals surface area contributed by atoms with Gasteiger partial charge < -0.3 is 19.3 Å². The van der Waals surface area contributed by atoms with Gasteiger partial charge in [-0.15, -0.1) is 0 Å². The van der Waals surface area contributed by atoms with Gasteiger partial charge in [0, 0.05) is 33.5 Å². The largest absolute Gasteiger partial charge is 0.509 e. The highest BCUT2D eigenvalue weighted by Gasteiger charge is 2.79. The van der Waals surface area contributed by atoms with E-state index in [1.165, 1.54) is 19.1 Å². The minimum atomic E-state index is -2.38. The zero-order valence-electron chi connectivity index (χ0n) is 25.8. The number of alkyl halides is 3. The normalized spacial score (nSPS) is 50.8. The zero-order valence-corrected chi connectivity index (χ0v) is 25.8. The van der Waals surface area contributed by atoms with Crippen LogP contribution in [0.5, 0.6) is 0 Å². The first kappa shape index (κ1) is 30.7. The van der Waals surface area contributed by atoms with E-state index in [1.54, 1.807) is 13.8 Å². The standard InChI is InChI=1S/C33H43F3O7/c1-17-11-20-21-13-23(35)22-12-19(37)8-10-30(22,5)32(21,36)24(38)15-31(20,6)33(17,26(39)41-16-34)43-27(40)42-25-28(2,3)18-7-9-29(25,4)14-18/h8,10,12,17-18,20-21,23-25,38H,7,9,11,13-16H2,1-6H3/t17-,18+,20+,21+,23+,24+,25+,29-,30+,31+,32?,33-/m1/s1. The summed E-state index contributed by atoms with van der Waals surface area (Å²) < 4.78 is 63.9. The Kier molecular flexibility index (Phi) is 6.65. The number of hydrogen-bond acceptors (Lipinski definition) is 7. The van der Waals surface area contributed by atoms with Crippen LogP contribution in [0.2, 0.25) is 0 Å². The Bertz CT molecular complexity index is 1310. The van der Waals surface area contributed by atoms with Crippen molar-refractivity contribution < 1.29 is 46.9 Å². The number of allylic oxidation sites excluding steroid dienone is 4. The molecule has 5 saturated carbocycles. The van der Waals surface area contributed by atoms with Crippen molar-refractivity contribution in [1.82, 2.24) is 0 Å². The fourth-order valence-corrected chi connectivity index (χ4v) is 11.2. The number of fused-ring (bicyclic) bond motifs is 7. The number of rotatable bonds is 4. The fourth-order valence-electron chi connectivity index (χ4n) is 11.2. The maximum absolute atomic E-state index is 17.6. The van der Waals surface area contributed by atoms with Gasteiger partial charge >= 0.3 is 12.1 Å². The zero-order chi connectivity index (χ0) is 31.5. The molecule has 0 saturated heterocycles. The molecule has 0 aromatic carbocycles. The molecule has 0 spiro atoms. The fraction of sp³-hybridized carbons (Fsp3) is 0.788. The van der Waals surface area contributed by atoms with Gasteiger partial charge in [0.2, 0.25) is 12.5 Å². The predicted molar refractivity (Wildman–Crippen MR) is 149 cm³/mol. The van der Waals surface area contributed by atoms with E-state index >= 15 is 8.78 Å². The van der Waals surface area contributed by atoms with Crippen LogP contribution in [0.15, 0.2) is 23.8 Å². The highest BCUT2D eigenvalue weighted by atomic mass is 19.1. The van der Waals surface area contributed by atoms with Crippen LogP contribution in [0.3, 0.4) is 0 Å². The lowest BCUT2D eigenvalue weighted by Crippen LogP contribution is -2.71. The molecule has 1 N–H and O–H groups in total. The predicted octanol–water partition coefficient (Wildman–Crippen LogP) is 6.13. The smallest absolute Gasteiger partial charge is 0.431 e. The molecule has 6 rings (SSSR count). The van der Waals surface area contributed by atoms with Gasteiger partial charge in [-0.1, -0.05) is 40.7 Å². The summed E-state index contributed by atoms with van der Waals surface area (Å²) in [6.45, 7) is 9.45. The minimum Gasteiger partial charge on any atom is -0.431 e. The van der Waals surface area contributed by atoms with Gasteiger partial charge in [-0.25, -0.2) is 22.8 Å². The number of esters is 1. The summed E-state index contributed by atoms with van der Waals surface area (Å²) in [6, 6.07) is 0. The molecule has 43 heavy (non-hydrogen) atoms. The second kappa shape index (κ2) is 9.33. The maximum Gasteiger partial charge on any atom is 0.509 e. The van der Waals surface area contributed by atoms with Crippen LogP contribution in [0, 0.1) is 45.3 Å². The van der Waals surface area contributed by atoms with Crippen LogP contribution in [-0.4, -0.2) is 59.5 Å². The van der Waals surface area contributed by atoms with E-state index in [2.05, 4.69) is 6.92 Å². The third kappa shape index (κ3) is 3.67. The number of aliphatic hydroxyl groups excluding tert-OH is 1. The number of ketones is 1. The van der Waals surface area contributed by atoms with Crippen LogP contribution in [0.4, 0.5) is 18.0 Å².